The molecular weight excluding hydrogens is 747 g/mol. The predicted octanol–water partition coefficient (Wildman–Crippen LogP) is 6.50. The lowest BCUT2D eigenvalue weighted by atomic mass is 9.81. The fourth-order valence-electron chi connectivity index (χ4n) is 10.2. The van der Waals surface area contributed by atoms with Crippen LogP contribution in [0.1, 0.15) is 92.9 Å². The summed E-state index contributed by atoms with van der Waals surface area (Å²) in [6.45, 7) is 4.85. The van der Waals surface area contributed by atoms with Crippen molar-refractivity contribution in [3.8, 4) is 11.8 Å². The highest BCUT2D eigenvalue weighted by Crippen LogP contribution is 2.48. The zero-order valence-corrected chi connectivity index (χ0v) is 33.7. The number of benzene rings is 2. The summed E-state index contributed by atoms with van der Waals surface area (Å²) in [5, 5.41) is 21.2. The number of anilines is 2. The molecule has 3 aromatic heterocycles. The Morgan fingerprint density at radius 2 is 1.83 bits per heavy atom. The van der Waals surface area contributed by atoms with Gasteiger partial charge < -0.3 is 19.9 Å². The monoisotopic (exact) mass is 795 g/mol. The fraction of sp³-hybridized carbons (Fsp3) is 0.444. The maximum Gasteiger partial charge on any atom is 0.331 e. The zero-order chi connectivity index (χ0) is 40.9. The molecule has 2 aliphatic carbocycles. The number of carbonyl (C=O) groups is 4. The van der Waals surface area contributed by atoms with Gasteiger partial charge in [-0.15, -0.1) is 0 Å². The van der Waals surface area contributed by atoms with Crippen LogP contribution in [0.4, 0.5) is 16.2 Å². The Kier molecular flexibility index (Phi) is 10.2. The van der Waals surface area contributed by atoms with E-state index >= 15 is 0 Å². The lowest BCUT2D eigenvalue weighted by Gasteiger charge is -2.40. The van der Waals surface area contributed by atoms with Crippen molar-refractivity contribution in [3.63, 3.8) is 0 Å². The molecule has 1 saturated carbocycles. The molecule has 3 amide bonds. The van der Waals surface area contributed by atoms with Crippen molar-refractivity contribution in [3.05, 3.63) is 77.7 Å². The first kappa shape index (κ1) is 38.4. The molecule has 0 bridgehead atoms. The van der Waals surface area contributed by atoms with E-state index in [1.54, 1.807) is 25.4 Å². The molecule has 3 atom stereocenters. The van der Waals surface area contributed by atoms with Crippen LogP contribution in [0.25, 0.3) is 21.9 Å². The van der Waals surface area contributed by atoms with Gasteiger partial charge in [0.25, 0.3) is 0 Å². The van der Waals surface area contributed by atoms with E-state index in [2.05, 4.69) is 55.5 Å². The van der Waals surface area contributed by atoms with Crippen LogP contribution in [0, 0.1) is 23.2 Å². The van der Waals surface area contributed by atoms with E-state index in [-0.39, 0.29) is 36.0 Å². The molecule has 59 heavy (non-hydrogen) atoms. The molecule has 2 N–H and O–H groups in total. The van der Waals surface area contributed by atoms with Crippen LogP contribution < -0.4 is 20.3 Å². The average Bonchev–Trinajstić information content (AvgIpc) is 3.94. The second-order valence-corrected chi connectivity index (χ2v) is 16.9. The van der Waals surface area contributed by atoms with Crippen LogP contribution in [0.5, 0.6) is 5.75 Å². The van der Waals surface area contributed by atoms with Crippen LogP contribution >= 0.6 is 0 Å². The molecule has 5 aromatic rings. The van der Waals surface area contributed by atoms with Gasteiger partial charge in [-0.3, -0.25) is 28.9 Å². The van der Waals surface area contributed by atoms with Gasteiger partial charge >= 0.3 is 6.03 Å². The first-order valence-corrected chi connectivity index (χ1v) is 20.8. The highest BCUT2D eigenvalue weighted by atomic mass is 16.5. The number of Topliss-reactive ketones (excluding diaryl/α,β-unsaturated/α-hetero) is 1. The molecule has 14 nitrogen and oxygen atoms in total. The van der Waals surface area contributed by atoms with E-state index in [1.807, 2.05) is 31.2 Å². The Hall–Kier alpha value is -6.07. The number of rotatable bonds is 8. The molecule has 0 radical (unpaired) electrons. The van der Waals surface area contributed by atoms with Crippen molar-refractivity contribution in [1.29, 1.82) is 5.26 Å². The number of amides is 3. The van der Waals surface area contributed by atoms with Gasteiger partial charge in [0.05, 0.1) is 41.8 Å². The van der Waals surface area contributed by atoms with E-state index in [9.17, 15) is 24.4 Å². The molecule has 4 aliphatic rings. The van der Waals surface area contributed by atoms with Crippen molar-refractivity contribution in [1.82, 2.24) is 29.5 Å². The summed E-state index contributed by atoms with van der Waals surface area (Å²) in [5.41, 5.74) is 5.37. The summed E-state index contributed by atoms with van der Waals surface area (Å²) in [7, 11) is 3.84. The zero-order valence-electron chi connectivity index (χ0n) is 33.7. The molecular formula is C45H49N9O5. The molecule has 9 rings (SSSR count). The Labute approximate surface area is 342 Å². The van der Waals surface area contributed by atoms with Crippen molar-refractivity contribution in [2.75, 3.05) is 44.0 Å². The molecule has 2 aliphatic heterocycles. The smallest absolute Gasteiger partial charge is 0.331 e. The van der Waals surface area contributed by atoms with Crippen LogP contribution in [-0.2, 0) is 14.4 Å². The Balaban J connectivity index is 0.795. The van der Waals surface area contributed by atoms with Gasteiger partial charge in [0.15, 0.2) is 0 Å². The van der Waals surface area contributed by atoms with E-state index in [4.69, 9.17) is 9.84 Å². The van der Waals surface area contributed by atoms with Gasteiger partial charge in [0, 0.05) is 79.1 Å². The molecule has 304 valence electrons. The first-order valence-electron chi connectivity index (χ1n) is 20.8. The third-order valence-corrected chi connectivity index (χ3v) is 13.4. The molecule has 0 spiro atoms. The van der Waals surface area contributed by atoms with Crippen LogP contribution in [-0.4, -0.2) is 87.7 Å². The van der Waals surface area contributed by atoms with E-state index in [0.29, 0.717) is 52.5 Å². The summed E-state index contributed by atoms with van der Waals surface area (Å²) in [4.78, 5) is 60.9. The topological polar surface area (TPSA) is 167 Å². The normalized spacial score (nSPS) is 23.7. The second-order valence-electron chi connectivity index (χ2n) is 16.9. The molecule has 2 aromatic carbocycles. The summed E-state index contributed by atoms with van der Waals surface area (Å²) in [5.74, 6) is -0.641. The standard InChI is InChI=1S/C45H49N9O5/c1-26-40-33(41(42(26)56)34-11-12-39(55)49-44(34)57)5-4-6-37(40)52-16-14-31(15-17-52)51(2)24-27-7-9-32(10-8-27)54-25-30-20-36(38(59-3)21-35(30)50-54)48-45(58)53-18-13-29-19-28(22-46)23-47-43(29)53/h4-6,13,18-21,23,25-27,31-32,34,41H,7-12,14-17,24H2,1-3H3,(H,48,58)(H,49,55,57). The maximum absolute atomic E-state index is 13.6. The minimum absolute atomic E-state index is 0.0845. The number of pyridine rings is 1. The van der Waals surface area contributed by atoms with Gasteiger partial charge in [-0.1, -0.05) is 19.1 Å². The number of piperidine rings is 2. The Bertz CT molecular complexity index is 2520. The van der Waals surface area contributed by atoms with Crippen molar-refractivity contribution in [2.24, 2.45) is 11.8 Å². The van der Waals surface area contributed by atoms with E-state index < -0.39 is 11.8 Å². The number of imide groups is 1. The van der Waals surface area contributed by atoms with Gasteiger partial charge in [0.2, 0.25) is 11.8 Å². The van der Waals surface area contributed by atoms with Crippen LogP contribution in [0.3, 0.4) is 0 Å². The number of ketones is 1. The summed E-state index contributed by atoms with van der Waals surface area (Å²) in [6.07, 6.45) is 12.3. The number of hydrogen-bond acceptors (Lipinski definition) is 10. The Morgan fingerprint density at radius 1 is 1.03 bits per heavy atom. The van der Waals surface area contributed by atoms with Gasteiger partial charge in [-0.25, -0.2) is 9.78 Å². The van der Waals surface area contributed by atoms with Gasteiger partial charge in [-0.05, 0) is 93.3 Å². The molecule has 3 unspecified atom stereocenters. The minimum Gasteiger partial charge on any atom is -0.494 e. The number of nitrogens with zero attached hydrogens (tertiary/aromatic N) is 7. The molecule has 5 heterocycles. The van der Waals surface area contributed by atoms with Crippen molar-refractivity contribution < 1.29 is 23.9 Å². The highest BCUT2D eigenvalue weighted by molar-refractivity contribution is 6.06. The summed E-state index contributed by atoms with van der Waals surface area (Å²) >= 11 is 0. The summed E-state index contributed by atoms with van der Waals surface area (Å²) < 4.78 is 9.17. The minimum atomic E-state index is -0.496. The average molecular weight is 796 g/mol. The largest absolute Gasteiger partial charge is 0.494 e. The summed E-state index contributed by atoms with van der Waals surface area (Å²) in [6, 6.07) is 15.9. The van der Waals surface area contributed by atoms with Crippen molar-refractivity contribution in [2.45, 2.75) is 82.2 Å². The molecule has 3 fully saturated rings. The van der Waals surface area contributed by atoms with E-state index in [0.717, 1.165) is 85.9 Å². The van der Waals surface area contributed by atoms with Gasteiger partial charge in [0.1, 0.15) is 23.2 Å². The lowest BCUT2D eigenvalue weighted by Crippen LogP contribution is -2.45. The number of nitriles is 1. The van der Waals surface area contributed by atoms with Crippen molar-refractivity contribution >= 4 is 56.9 Å². The molecule has 2 saturated heterocycles. The highest BCUT2D eigenvalue weighted by Gasteiger charge is 2.47. The van der Waals surface area contributed by atoms with E-state index in [1.165, 1.54) is 10.8 Å². The number of hydrogen-bond donors (Lipinski definition) is 2. The molecule has 14 heteroatoms. The number of aromatic nitrogens is 4. The number of nitrogens with one attached hydrogen (secondary N) is 2. The lowest BCUT2D eigenvalue weighted by molar-refractivity contribution is -0.139. The van der Waals surface area contributed by atoms with Gasteiger partial charge in [-0.2, -0.15) is 10.4 Å². The number of ether oxygens (including phenoxy) is 1. The quantitative estimate of drug-likeness (QED) is 0.166. The first-order chi connectivity index (χ1) is 28.6. The number of methoxy groups -OCH3 is 1. The Morgan fingerprint density at radius 3 is 2.58 bits per heavy atom. The number of fused-ring (bicyclic) bond motifs is 3. The van der Waals surface area contributed by atoms with Crippen LogP contribution in [0.2, 0.25) is 0 Å². The third kappa shape index (κ3) is 7.11. The second kappa shape index (κ2) is 15.6. The number of carbonyl (C=O) groups excluding carboxylic acids is 4. The van der Waals surface area contributed by atoms with Crippen LogP contribution in [0.15, 0.2) is 61.1 Å². The third-order valence-electron chi connectivity index (χ3n) is 13.4. The SMILES string of the molecule is COc1cc2nn(C3CCC(CN(C)C4CCN(c5cccc6c5C(C)C(=O)C6C5CCC(=O)NC5=O)CC4)CC3)cc2cc1NC(=O)n1ccc2cc(C#N)cnc21. The maximum atomic E-state index is 13.6. The predicted molar refractivity (Wildman–Crippen MR) is 222 cm³/mol. The fourth-order valence-corrected chi connectivity index (χ4v) is 10.2.